The summed E-state index contributed by atoms with van der Waals surface area (Å²) in [6.07, 6.45) is 2.69. The number of nitrogens with zero attached hydrogens (tertiary/aromatic N) is 2. The Bertz CT molecular complexity index is 254. The Hall–Kier alpha value is -1.38. The van der Waals surface area contributed by atoms with E-state index < -0.39 is 0 Å². The van der Waals surface area contributed by atoms with E-state index in [1.54, 1.807) is 6.20 Å². The van der Waals surface area contributed by atoms with E-state index in [1.807, 2.05) is 25.1 Å². The van der Waals surface area contributed by atoms with Gasteiger partial charge in [-0.2, -0.15) is 5.10 Å². The summed E-state index contributed by atoms with van der Waals surface area (Å²) in [4.78, 5) is 4.07. The van der Waals surface area contributed by atoms with Crippen LogP contribution in [0.4, 0.5) is 5.82 Å². The molecule has 0 fully saturated rings. The number of nitrogens with one attached hydrogen (secondary N) is 1. The quantitative estimate of drug-likeness (QED) is 0.548. The third kappa shape index (κ3) is 2.70. The highest BCUT2D eigenvalue weighted by Crippen LogP contribution is 1.99. The number of hydrogen-bond acceptors (Lipinski definition) is 3. The molecule has 0 atom stereocenters. The number of hydrogen-bond donors (Lipinski definition) is 1. The SMILES string of the molecule is CCC(C)=NNc1ccccn1. The minimum atomic E-state index is 0.783. The molecule has 1 aromatic rings. The molecule has 1 aromatic heterocycles. The van der Waals surface area contributed by atoms with Crippen LogP contribution < -0.4 is 5.43 Å². The lowest BCUT2D eigenvalue weighted by Gasteiger charge is -1.98. The number of aromatic nitrogens is 1. The molecule has 0 saturated heterocycles. The van der Waals surface area contributed by atoms with Crippen molar-refractivity contribution in [3.63, 3.8) is 0 Å². The van der Waals surface area contributed by atoms with E-state index >= 15 is 0 Å². The highest BCUT2D eigenvalue weighted by Gasteiger charge is 1.87. The Morgan fingerprint density at radius 3 is 3.00 bits per heavy atom. The fraction of sp³-hybridized carbons (Fsp3) is 0.333. The van der Waals surface area contributed by atoms with Gasteiger partial charge in [-0.1, -0.05) is 13.0 Å². The van der Waals surface area contributed by atoms with Crippen molar-refractivity contribution >= 4 is 11.5 Å². The van der Waals surface area contributed by atoms with E-state index in [0.717, 1.165) is 18.0 Å². The molecular formula is C9H13N3. The molecule has 0 amide bonds. The second kappa shape index (κ2) is 4.49. The molecule has 0 bridgehead atoms. The smallest absolute Gasteiger partial charge is 0.146 e. The van der Waals surface area contributed by atoms with Crippen LogP contribution in [0.1, 0.15) is 20.3 Å². The van der Waals surface area contributed by atoms with Gasteiger partial charge in [-0.05, 0) is 25.5 Å². The Morgan fingerprint density at radius 1 is 1.58 bits per heavy atom. The lowest BCUT2D eigenvalue weighted by atomic mass is 10.3. The van der Waals surface area contributed by atoms with E-state index in [9.17, 15) is 0 Å². The van der Waals surface area contributed by atoms with Gasteiger partial charge in [-0.15, -0.1) is 0 Å². The first-order chi connectivity index (χ1) is 5.83. The monoisotopic (exact) mass is 163 g/mol. The van der Waals surface area contributed by atoms with Gasteiger partial charge in [0.2, 0.25) is 0 Å². The highest BCUT2D eigenvalue weighted by molar-refractivity contribution is 5.82. The lowest BCUT2D eigenvalue weighted by Crippen LogP contribution is -1.96. The maximum absolute atomic E-state index is 4.12. The van der Waals surface area contributed by atoms with Crippen LogP contribution in [-0.2, 0) is 0 Å². The molecule has 1 N–H and O–H groups in total. The predicted octanol–water partition coefficient (Wildman–Crippen LogP) is 2.28. The van der Waals surface area contributed by atoms with Gasteiger partial charge in [0.05, 0.1) is 0 Å². The van der Waals surface area contributed by atoms with Crippen molar-refractivity contribution < 1.29 is 0 Å². The van der Waals surface area contributed by atoms with Crippen molar-refractivity contribution in [2.75, 3.05) is 5.43 Å². The summed E-state index contributed by atoms with van der Waals surface area (Å²) < 4.78 is 0. The molecule has 64 valence electrons. The summed E-state index contributed by atoms with van der Waals surface area (Å²) in [5.74, 6) is 0.783. The molecule has 0 unspecified atom stereocenters. The molecule has 3 heteroatoms. The molecule has 3 nitrogen and oxygen atoms in total. The maximum atomic E-state index is 4.12. The van der Waals surface area contributed by atoms with E-state index in [4.69, 9.17) is 0 Å². The van der Waals surface area contributed by atoms with Gasteiger partial charge in [0, 0.05) is 11.9 Å². The first kappa shape index (κ1) is 8.71. The van der Waals surface area contributed by atoms with Crippen molar-refractivity contribution in [3.8, 4) is 0 Å². The van der Waals surface area contributed by atoms with E-state index in [0.29, 0.717) is 0 Å². The zero-order valence-corrected chi connectivity index (χ0v) is 7.41. The fourth-order valence-electron chi connectivity index (χ4n) is 0.661. The van der Waals surface area contributed by atoms with Crippen LogP contribution in [0.25, 0.3) is 0 Å². The largest absolute Gasteiger partial charge is 0.261 e. The number of anilines is 1. The summed E-state index contributed by atoms with van der Waals surface area (Å²) in [5, 5.41) is 4.12. The minimum absolute atomic E-state index is 0.783. The van der Waals surface area contributed by atoms with E-state index in [1.165, 1.54) is 0 Å². The van der Waals surface area contributed by atoms with Crippen molar-refractivity contribution in [2.45, 2.75) is 20.3 Å². The molecule has 0 radical (unpaired) electrons. The molecule has 0 saturated carbocycles. The van der Waals surface area contributed by atoms with E-state index in [-0.39, 0.29) is 0 Å². The number of pyridine rings is 1. The summed E-state index contributed by atoms with van der Waals surface area (Å²) in [6, 6.07) is 5.68. The second-order valence-electron chi connectivity index (χ2n) is 2.53. The fourth-order valence-corrected chi connectivity index (χ4v) is 0.661. The van der Waals surface area contributed by atoms with Crippen LogP contribution in [0.15, 0.2) is 29.5 Å². The van der Waals surface area contributed by atoms with Crippen LogP contribution in [0, 0.1) is 0 Å². The van der Waals surface area contributed by atoms with Crippen molar-refractivity contribution in [1.29, 1.82) is 0 Å². The van der Waals surface area contributed by atoms with Crippen LogP contribution in [0.5, 0.6) is 0 Å². The van der Waals surface area contributed by atoms with Crippen molar-refractivity contribution in [2.24, 2.45) is 5.10 Å². The zero-order valence-electron chi connectivity index (χ0n) is 7.41. The highest BCUT2D eigenvalue weighted by atomic mass is 15.3. The molecule has 1 rings (SSSR count). The van der Waals surface area contributed by atoms with Gasteiger partial charge in [0.1, 0.15) is 5.82 Å². The Labute approximate surface area is 72.5 Å². The molecule has 0 aliphatic heterocycles. The maximum Gasteiger partial charge on any atom is 0.146 e. The minimum Gasteiger partial charge on any atom is -0.261 e. The molecule has 0 aliphatic rings. The molecule has 0 spiro atoms. The van der Waals surface area contributed by atoms with Gasteiger partial charge in [0.15, 0.2) is 0 Å². The van der Waals surface area contributed by atoms with Crippen LogP contribution in [0.3, 0.4) is 0 Å². The number of hydrazone groups is 1. The van der Waals surface area contributed by atoms with Crippen molar-refractivity contribution in [3.05, 3.63) is 24.4 Å². The number of rotatable bonds is 3. The summed E-state index contributed by atoms with van der Waals surface area (Å²) in [6.45, 7) is 4.05. The van der Waals surface area contributed by atoms with Gasteiger partial charge in [-0.25, -0.2) is 4.98 Å². The Balaban J connectivity index is 2.54. The van der Waals surface area contributed by atoms with Crippen LogP contribution in [0.2, 0.25) is 0 Å². The van der Waals surface area contributed by atoms with Gasteiger partial charge >= 0.3 is 0 Å². The van der Waals surface area contributed by atoms with Crippen LogP contribution in [-0.4, -0.2) is 10.7 Å². The molecule has 0 aromatic carbocycles. The lowest BCUT2D eigenvalue weighted by molar-refractivity contribution is 1.18. The molecule has 0 aliphatic carbocycles. The summed E-state index contributed by atoms with van der Waals surface area (Å²) in [5.41, 5.74) is 3.94. The van der Waals surface area contributed by atoms with Crippen LogP contribution >= 0.6 is 0 Å². The summed E-state index contributed by atoms with van der Waals surface area (Å²) >= 11 is 0. The van der Waals surface area contributed by atoms with Gasteiger partial charge in [-0.3, -0.25) is 5.43 Å². The average molecular weight is 163 g/mol. The van der Waals surface area contributed by atoms with E-state index in [2.05, 4.69) is 22.4 Å². The normalized spacial score (nSPS) is 11.3. The third-order valence-corrected chi connectivity index (χ3v) is 1.54. The standard InChI is InChI=1S/C9H13N3/c1-3-8(2)11-12-9-6-4-5-7-10-9/h4-7H,3H2,1-2H3,(H,10,12). The van der Waals surface area contributed by atoms with Crippen molar-refractivity contribution in [1.82, 2.24) is 4.98 Å². The Kier molecular flexibility index (Phi) is 3.26. The zero-order chi connectivity index (χ0) is 8.81. The summed E-state index contributed by atoms with van der Waals surface area (Å²) in [7, 11) is 0. The first-order valence-electron chi connectivity index (χ1n) is 4.03. The Morgan fingerprint density at radius 2 is 2.42 bits per heavy atom. The molecule has 1 heterocycles. The van der Waals surface area contributed by atoms with Gasteiger partial charge < -0.3 is 0 Å². The average Bonchev–Trinajstić information content (AvgIpc) is 2.16. The molecule has 12 heavy (non-hydrogen) atoms. The molecular weight excluding hydrogens is 150 g/mol. The first-order valence-corrected chi connectivity index (χ1v) is 4.03. The second-order valence-corrected chi connectivity index (χ2v) is 2.53. The predicted molar refractivity (Wildman–Crippen MR) is 51.3 cm³/mol. The topological polar surface area (TPSA) is 37.3 Å². The third-order valence-electron chi connectivity index (χ3n) is 1.54. The van der Waals surface area contributed by atoms with Gasteiger partial charge in [0.25, 0.3) is 0 Å².